The van der Waals surface area contributed by atoms with E-state index in [0.29, 0.717) is 12.5 Å². The molecule has 0 saturated carbocycles. The van der Waals surface area contributed by atoms with Crippen LogP contribution in [0.2, 0.25) is 0 Å². The molecule has 4 nitrogen and oxygen atoms in total. The summed E-state index contributed by atoms with van der Waals surface area (Å²) in [6.45, 7) is 0.482. The van der Waals surface area contributed by atoms with Crippen LogP contribution in [0.3, 0.4) is 0 Å². The molecule has 1 heterocycles. The Bertz CT molecular complexity index is 1120. The summed E-state index contributed by atoms with van der Waals surface area (Å²) in [7, 11) is 0. The molecule has 0 amide bonds. The molecule has 3 aromatic carbocycles. The average molecular weight is 607 g/mol. The lowest BCUT2D eigenvalue weighted by Crippen LogP contribution is -2.05. The van der Waals surface area contributed by atoms with Crippen molar-refractivity contribution >= 4 is 63.1 Å². The van der Waals surface area contributed by atoms with E-state index >= 15 is 0 Å². The van der Waals surface area contributed by atoms with Crippen LogP contribution in [0.15, 0.2) is 83.5 Å². The first-order valence-corrected chi connectivity index (χ1v) is 11.0. The van der Waals surface area contributed by atoms with E-state index < -0.39 is 5.97 Å². The first-order valence-electron chi connectivity index (χ1n) is 8.83. The lowest BCUT2D eigenvalue weighted by Gasteiger charge is -2.08. The number of carbonyl (C=O) groups excluding carboxylic acids is 1. The topological polar surface area (TPSA) is 47.9 Å². The van der Waals surface area contributed by atoms with Crippen LogP contribution in [-0.4, -0.2) is 11.9 Å². The molecule has 29 heavy (non-hydrogen) atoms. The van der Waals surface area contributed by atoms with Crippen LogP contribution in [0.1, 0.15) is 16.7 Å². The number of cyclic esters (lactones) is 1. The number of esters is 1. The minimum atomic E-state index is -0.455. The highest BCUT2D eigenvalue weighted by Crippen LogP contribution is 2.23. The van der Waals surface area contributed by atoms with Gasteiger partial charge in [-0.3, -0.25) is 0 Å². The van der Waals surface area contributed by atoms with Gasteiger partial charge in [-0.2, -0.15) is 0 Å². The smallest absolute Gasteiger partial charge is 0.363 e. The summed E-state index contributed by atoms with van der Waals surface area (Å²) in [5, 5.41) is 0. The van der Waals surface area contributed by atoms with Crippen LogP contribution >= 0.6 is 45.2 Å². The zero-order valence-corrected chi connectivity index (χ0v) is 19.5. The second kappa shape index (κ2) is 9.08. The first-order chi connectivity index (χ1) is 14.1. The maximum atomic E-state index is 12.2. The van der Waals surface area contributed by atoms with Crippen molar-refractivity contribution in [2.45, 2.75) is 6.61 Å². The first kappa shape index (κ1) is 20.1. The Morgan fingerprint density at radius 1 is 0.966 bits per heavy atom. The van der Waals surface area contributed by atoms with Crippen molar-refractivity contribution in [1.29, 1.82) is 0 Å². The molecule has 144 valence electrons. The third kappa shape index (κ3) is 5.05. The number of ether oxygens (including phenoxy) is 2. The number of rotatable bonds is 5. The molecule has 0 unspecified atom stereocenters. The molecule has 0 N–H and O–H groups in total. The summed E-state index contributed by atoms with van der Waals surface area (Å²) >= 11 is 4.52. The maximum Gasteiger partial charge on any atom is 0.363 e. The maximum absolute atomic E-state index is 12.2. The highest BCUT2D eigenvalue weighted by molar-refractivity contribution is 14.1. The third-order valence-corrected chi connectivity index (χ3v) is 6.00. The molecule has 0 fully saturated rings. The molecule has 0 saturated heterocycles. The summed E-state index contributed by atoms with van der Waals surface area (Å²) in [4.78, 5) is 16.6. The Hall–Kier alpha value is -2.20. The quantitative estimate of drug-likeness (QED) is 0.209. The molecule has 0 aromatic heterocycles. The summed E-state index contributed by atoms with van der Waals surface area (Å²) in [5.41, 5.74) is 3.00. The number of benzene rings is 3. The van der Waals surface area contributed by atoms with E-state index in [2.05, 4.69) is 56.2 Å². The minimum absolute atomic E-state index is 0.272. The van der Waals surface area contributed by atoms with Crippen LogP contribution in [0.25, 0.3) is 6.08 Å². The van der Waals surface area contributed by atoms with Crippen molar-refractivity contribution in [2.75, 3.05) is 0 Å². The Labute approximate surface area is 195 Å². The van der Waals surface area contributed by atoms with Gasteiger partial charge in [-0.25, -0.2) is 9.79 Å². The van der Waals surface area contributed by atoms with E-state index in [1.807, 2.05) is 66.7 Å². The normalized spacial score (nSPS) is 14.6. The molecule has 0 radical (unpaired) electrons. The Balaban J connectivity index is 1.52. The van der Waals surface area contributed by atoms with Gasteiger partial charge in [-0.15, -0.1) is 0 Å². The third-order valence-electron chi connectivity index (χ3n) is 4.23. The Morgan fingerprint density at radius 2 is 1.76 bits per heavy atom. The van der Waals surface area contributed by atoms with Gasteiger partial charge in [0, 0.05) is 18.3 Å². The summed E-state index contributed by atoms with van der Waals surface area (Å²) < 4.78 is 13.5. The number of aliphatic imine (C=N–C) groups is 1. The van der Waals surface area contributed by atoms with Crippen LogP contribution < -0.4 is 4.74 Å². The van der Waals surface area contributed by atoms with Gasteiger partial charge in [0.25, 0.3) is 0 Å². The van der Waals surface area contributed by atoms with Gasteiger partial charge in [0.15, 0.2) is 5.70 Å². The van der Waals surface area contributed by atoms with Crippen molar-refractivity contribution in [1.82, 2.24) is 0 Å². The standard InChI is InChI=1S/C23H15I2NO3/c24-18-10-8-16(9-11-18)22-26-21(23(27)29-22)13-15-4-3-6-19(12-15)28-14-17-5-1-2-7-20(17)25/h1-13H,14H2/b21-13-. The molecular formula is C23H15I2NO3. The molecule has 0 bridgehead atoms. The van der Waals surface area contributed by atoms with Crippen molar-refractivity contribution in [3.63, 3.8) is 0 Å². The molecule has 0 spiro atoms. The zero-order valence-electron chi connectivity index (χ0n) is 15.1. The summed E-state index contributed by atoms with van der Waals surface area (Å²) in [6.07, 6.45) is 1.71. The predicted molar refractivity (Wildman–Crippen MR) is 130 cm³/mol. The van der Waals surface area contributed by atoms with E-state index in [1.165, 1.54) is 0 Å². The molecule has 0 aliphatic carbocycles. The average Bonchev–Trinajstić information content (AvgIpc) is 3.08. The fourth-order valence-electron chi connectivity index (χ4n) is 2.75. The van der Waals surface area contributed by atoms with E-state index in [4.69, 9.17) is 9.47 Å². The number of hydrogen-bond acceptors (Lipinski definition) is 4. The predicted octanol–water partition coefficient (Wildman–Crippen LogP) is 5.82. The van der Waals surface area contributed by atoms with Crippen LogP contribution in [0, 0.1) is 7.14 Å². The SMILES string of the molecule is O=C1OC(c2ccc(I)cc2)=N/C1=C\c1cccc(OCc2ccccc2I)c1. The Morgan fingerprint density at radius 3 is 2.55 bits per heavy atom. The van der Waals surface area contributed by atoms with Gasteiger partial charge < -0.3 is 9.47 Å². The summed E-state index contributed by atoms with van der Waals surface area (Å²) in [5.74, 6) is 0.597. The van der Waals surface area contributed by atoms with E-state index in [9.17, 15) is 4.79 Å². The largest absolute Gasteiger partial charge is 0.489 e. The molecule has 3 aromatic rings. The lowest BCUT2D eigenvalue weighted by molar-refractivity contribution is -0.129. The van der Waals surface area contributed by atoms with Gasteiger partial charge in [0.1, 0.15) is 12.4 Å². The fraction of sp³-hybridized carbons (Fsp3) is 0.0435. The van der Waals surface area contributed by atoms with E-state index in [0.717, 1.165) is 29.6 Å². The Kier molecular flexibility index (Phi) is 6.29. The van der Waals surface area contributed by atoms with Crippen LogP contribution in [-0.2, 0) is 16.1 Å². The van der Waals surface area contributed by atoms with Crippen LogP contribution in [0.5, 0.6) is 5.75 Å². The van der Waals surface area contributed by atoms with Gasteiger partial charge in [0.05, 0.1) is 0 Å². The molecule has 0 atom stereocenters. The van der Waals surface area contributed by atoms with E-state index in [1.54, 1.807) is 6.08 Å². The molecule has 6 heteroatoms. The second-order valence-electron chi connectivity index (χ2n) is 6.30. The summed E-state index contributed by atoms with van der Waals surface area (Å²) in [6, 6.07) is 23.3. The van der Waals surface area contributed by atoms with Crippen molar-refractivity contribution in [3.8, 4) is 5.75 Å². The van der Waals surface area contributed by atoms with Crippen molar-refractivity contribution < 1.29 is 14.3 Å². The van der Waals surface area contributed by atoms with Crippen LogP contribution in [0.4, 0.5) is 0 Å². The van der Waals surface area contributed by atoms with E-state index in [-0.39, 0.29) is 5.70 Å². The number of hydrogen-bond donors (Lipinski definition) is 0. The lowest BCUT2D eigenvalue weighted by atomic mass is 10.2. The molecule has 1 aliphatic heterocycles. The van der Waals surface area contributed by atoms with Crippen molar-refractivity contribution in [2.24, 2.45) is 4.99 Å². The van der Waals surface area contributed by atoms with Gasteiger partial charge in [-0.05, 0) is 99.3 Å². The highest BCUT2D eigenvalue weighted by Gasteiger charge is 2.24. The molecule has 4 rings (SSSR count). The monoisotopic (exact) mass is 607 g/mol. The number of nitrogens with zero attached hydrogens (tertiary/aromatic N) is 1. The minimum Gasteiger partial charge on any atom is -0.489 e. The van der Waals surface area contributed by atoms with Gasteiger partial charge in [0.2, 0.25) is 5.90 Å². The number of halogens is 2. The highest BCUT2D eigenvalue weighted by atomic mass is 127. The molecular weight excluding hydrogens is 592 g/mol. The van der Waals surface area contributed by atoms with Gasteiger partial charge >= 0.3 is 5.97 Å². The van der Waals surface area contributed by atoms with Gasteiger partial charge in [-0.1, -0.05) is 30.3 Å². The second-order valence-corrected chi connectivity index (χ2v) is 8.70. The number of carbonyl (C=O) groups is 1. The molecule has 1 aliphatic rings. The zero-order chi connectivity index (χ0) is 20.2. The fourth-order valence-corrected chi connectivity index (χ4v) is 3.66. The van der Waals surface area contributed by atoms with Crippen molar-refractivity contribution in [3.05, 3.63) is 102 Å².